The van der Waals surface area contributed by atoms with Crippen molar-refractivity contribution in [2.45, 2.75) is 57.0 Å². The van der Waals surface area contributed by atoms with Gasteiger partial charge in [0.15, 0.2) is 5.65 Å². The van der Waals surface area contributed by atoms with Crippen LogP contribution in [0.5, 0.6) is 0 Å². The lowest BCUT2D eigenvalue weighted by molar-refractivity contribution is 0.250. The summed E-state index contributed by atoms with van der Waals surface area (Å²) in [6, 6.07) is 8.49. The van der Waals surface area contributed by atoms with Crippen molar-refractivity contribution in [1.29, 1.82) is 0 Å². The number of H-pyrrole nitrogens is 1. The summed E-state index contributed by atoms with van der Waals surface area (Å²) in [7, 11) is 0. The monoisotopic (exact) mass is 411 g/mol. The molecule has 2 atom stereocenters. The maximum atomic E-state index is 12.7. The molecule has 1 saturated carbocycles. The molecular weight excluding hydrogens is 386 g/mol. The molecule has 1 saturated heterocycles. The van der Waals surface area contributed by atoms with E-state index in [0.29, 0.717) is 17.3 Å². The number of nitrogens with one attached hydrogen (secondary N) is 1. The minimum absolute atomic E-state index is 0.0338. The van der Waals surface area contributed by atoms with Crippen LogP contribution < -0.4 is 5.56 Å². The van der Waals surface area contributed by atoms with Crippen LogP contribution >= 0.6 is 11.6 Å². The summed E-state index contributed by atoms with van der Waals surface area (Å²) in [5.41, 5.74) is 1.84. The molecule has 0 amide bonds. The zero-order valence-electron chi connectivity index (χ0n) is 16.6. The van der Waals surface area contributed by atoms with Gasteiger partial charge in [-0.1, -0.05) is 42.6 Å². The molecule has 1 unspecified atom stereocenters. The largest absolute Gasteiger partial charge is 0.309 e. The van der Waals surface area contributed by atoms with Crippen molar-refractivity contribution < 1.29 is 0 Å². The molecule has 2 aliphatic rings. The van der Waals surface area contributed by atoms with Gasteiger partial charge < -0.3 is 4.98 Å². The molecule has 0 bridgehead atoms. The van der Waals surface area contributed by atoms with Gasteiger partial charge >= 0.3 is 0 Å². The Morgan fingerprint density at radius 3 is 2.79 bits per heavy atom. The van der Waals surface area contributed by atoms with E-state index in [2.05, 4.69) is 28.0 Å². The van der Waals surface area contributed by atoms with E-state index in [1.165, 1.54) is 18.4 Å². The summed E-state index contributed by atoms with van der Waals surface area (Å²) in [6.45, 7) is 3.99. The number of likely N-dealkylation sites (tertiary alicyclic amines) is 1. The molecule has 1 aliphatic heterocycles. The van der Waals surface area contributed by atoms with Gasteiger partial charge in [0.2, 0.25) is 0 Å². The number of hydrogen-bond acceptors (Lipinski definition) is 4. The van der Waals surface area contributed by atoms with E-state index in [9.17, 15) is 4.79 Å². The predicted octanol–water partition coefficient (Wildman–Crippen LogP) is 4.44. The summed E-state index contributed by atoms with van der Waals surface area (Å²) in [6.07, 6.45) is 7.38. The fourth-order valence-electron chi connectivity index (χ4n) is 4.94. The van der Waals surface area contributed by atoms with Crippen LogP contribution in [0.15, 0.2) is 35.3 Å². The van der Waals surface area contributed by atoms with E-state index in [1.807, 2.05) is 22.9 Å². The number of benzene rings is 1. The van der Waals surface area contributed by atoms with Crippen molar-refractivity contribution >= 4 is 22.6 Å². The second kappa shape index (κ2) is 7.58. The highest BCUT2D eigenvalue weighted by Gasteiger charge is 2.30. The first-order valence-electron chi connectivity index (χ1n) is 10.6. The lowest BCUT2D eigenvalue weighted by atomic mass is 9.98. The minimum atomic E-state index is -0.0945. The lowest BCUT2D eigenvalue weighted by Gasteiger charge is -2.24. The van der Waals surface area contributed by atoms with Crippen LogP contribution in [0.2, 0.25) is 5.02 Å². The SMILES string of the molecule is C[C@H](c1nc2c(cnn2C2CCCC2)c(=O)[nH]1)N1CCC(c2ccccc2Cl)C1. The zero-order valence-corrected chi connectivity index (χ0v) is 17.4. The number of fused-ring (bicyclic) bond motifs is 1. The topological polar surface area (TPSA) is 66.8 Å². The molecule has 6 nitrogen and oxygen atoms in total. The second-order valence-corrected chi connectivity index (χ2v) is 8.80. The molecule has 5 rings (SSSR count). The third-order valence-electron chi connectivity index (χ3n) is 6.66. The average Bonchev–Trinajstić information content (AvgIpc) is 3.47. The molecule has 2 aromatic heterocycles. The van der Waals surface area contributed by atoms with Gasteiger partial charge in [-0.3, -0.25) is 9.69 Å². The smallest absolute Gasteiger partial charge is 0.262 e. The van der Waals surface area contributed by atoms with Crippen molar-refractivity contribution in [2.24, 2.45) is 0 Å². The Hall–Kier alpha value is -2.18. The van der Waals surface area contributed by atoms with E-state index in [-0.39, 0.29) is 11.6 Å². The number of rotatable bonds is 4. The number of hydrogen-bond donors (Lipinski definition) is 1. The molecule has 0 spiro atoms. The van der Waals surface area contributed by atoms with Crippen molar-refractivity contribution in [2.75, 3.05) is 13.1 Å². The first kappa shape index (κ1) is 18.8. The number of nitrogens with zero attached hydrogens (tertiary/aromatic N) is 4. The van der Waals surface area contributed by atoms with Crippen LogP contribution in [0.1, 0.15) is 68.4 Å². The Morgan fingerprint density at radius 1 is 1.21 bits per heavy atom. The van der Waals surface area contributed by atoms with Gasteiger partial charge in [-0.05, 0) is 50.3 Å². The van der Waals surface area contributed by atoms with Gasteiger partial charge in [0.25, 0.3) is 5.56 Å². The van der Waals surface area contributed by atoms with Crippen LogP contribution in [0.25, 0.3) is 11.0 Å². The van der Waals surface area contributed by atoms with Crippen molar-refractivity contribution in [3.05, 3.63) is 57.2 Å². The van der Waals surface area contributed by atoms with Crippen LogP contribution in [0.4, 0.5) is 0 Å². The quantitative estimate of drug-likeness (QED) is 0.689. The Labute approximate surface area is 174 Å². The number of halogens is 1. The summed E-state index contributed by atoms with van der Waals surface area (Å²) in [5, 5.41) is 5.92. The summed E-state index contributed by atoms with van der Waals surface area (Å²) < 4.78 is 1.98. The fourth-order valence-corrected chi connectivity index (χ4v) is 5.23. The van der Waals surface area contributed by atoms with Crippen molar-refractivity contribution in [3.8, 4) is 0 Å². The third-order valence-corrected chi connectivity index (χ3v) is 7.00. The van der Waals surface area contributed by atoms with Gasteiger partial charge in [0, 0.05) is 11.6 Å². The van der Waals surface area contributed by atoms with E-state index in [1.54, 1.807) is 6.20 Å². The third kappa shape index (κ3) is 3.38. The Morgan fingerprint density at radius 2 is 2.00 bits per heavy atom. The van der Waals surface area contributed by atoms with Crippen molar-refractivity contribution in [3.63, 3.8) is 0 Å². The highest BCUT2D eigenvalue weighted by atomic mass is 35.5. The Kier molecular flexibility index (Phi) is 4.92. The standard InChI is InChI=1S/C22H26ClN5O/c1-14(27-11-10-15(13-27)17-8-4-5-9-19(17)23)20-25-21-18(22(29)26-20)12-24-28(21)16-6-2-3-7-16/h4-5,8-9,12,14-16H,2-3,6-7,10-11,13H2,1H3,(H,25,26,29)/t14-,15?/m1/s1. The van der Waals surface area contributed by atoms with Crippen LogP contribution in [-0.2, 0) is 0 Å². The first-order valence-corrected chi connectivity index (χ1v) is 11.0. The van der Waals surface area contributed by atoms with E-state index in [4.69, 9.17) is 16.6 Å². The summed E-state index contributed by atoms with van der Waals surface area (Å²) in [5.74, 6) is 1.13. The number of aromatic nitrogens is 4. The average molecular weight is 412 g/mol. The zero-order chi connectivity index (χ0) is 20.0. The molecule has 152 valence electrons. The van der Waals surface area contributed by atoms with Gasteiger partial charge in [0.1, 0.15) is 11.2 Å². The molecule has 7 heteroatoms. The van der Waals surface area contributed by atoms with Gasteiger partial charge in [-0.25, -0.2) is 9.67 Å². The van der Waals surface area contributed by atoms with Crippen molar-refractivity contribution in [1.82, 2.24) is 24.6 Å². The van der Waals surface area contributed by atoms with Gasteiger partial charge in [0.05, 0.1) is 18.3 Å². The number of aromatic amines is 1. The molecule has 3 aromatic rings. The van der Waals surface area contributed by atoms with Gasteiger partial charge in [-0.2, -0.15) is 5.10 Å². The van der Waals surface area contributed by atoms with Crippen LogP contribution in [0, 0.1) is 0 Å². The predicted molar refractivity (Wildman–Crippen MR) is 114 cm³/mol. The summed E-state index contributed by atoms with van der Waals surface area (Å²) in [4.78, 5) is 23.0. The summed E-state index contributed by atoms with van der Waals surface area (Å²) >= 11 is 6.41. The Balaban J connectivity index is 1.42. The molecule has 1 N–H and O–H groups in total. The molecule has 1 aliphatic carbocycles. The fraction of sp³-hybridized carbons (Fsp3) is 0.500. The molecular formula is C22H26ClN5O. The maximum absolute atomic E-state index is 12.7. The molecule has 1 aromatic carbocycles. The first-order chi connectivity index (χ1) is 14.1. The molecule has 2 fully saturated rings. The Bertz CT molecular complexity index is 1080. The van der Waals surface area contributed by atoms with E-state index in [0.717, 1.165) is 48.8 Å². The molecule has 3 heterocycles. The van der Waals surface area contributed by atoms with Crippen LogP contribution in [0.3, 0.4) is 0 Å². The van der Waals surface area contributed by atoms with E-state index >= 15 is 0 Å². The second-order valence-electron chi connectivity index (χ2n) is 8.39. The maximum Gasteiger partial charge on any atom is 0.262 e. The van der Waals surface area contributed by atoms with Crippen LogP contribution in [-0.4, -0.2) is 37.7 Å². The minimum Gasteiger partial charge on any atom is -0.309 e. The lowest BCUT2D eigenvalue weighted by Crippen LogP contribution is -2.28. The normalized spacial score (nSPS) is 21.9. The molecule has 29 heavy (non-hydrogen) atoms. The molecule has 0 radical (unpaired) electrons. The highest BCUT2D eigenvalue weighted by molar-refractivity contribution is 6.31. The van der Waals surface area contributed by atoms with E-state index < -0.39 is 0 Å². The van der Waals surface area contributed by atoms with Gasteiger partial charge in [-0.15, -0.1) is 0 Å². The highest BCUT2D eigenvalue weighted by Crippen LogP contribution is 2.35.